The lowest BCUT2D eigenvalue weighted by Gasteiger charge is -2.19. The van der Waals surface area contributed by atoms with E-state index in [0.717, 1.165) is 36.5 Å². The summed E-state index contributed by atoms with van der Waals surface area (Å²) < 4.78 is 25.6. The second-order valence-corrected chi connectivity index (χ2v) is 7.48. The van der Waals surface area contributed by atoms with Gasteiger partial charge in [0.25, 0.3) is 0 Å². The highest BCUT2D eigenvalue weighted by Gasteiger charge is 2.24. The van der Waals surface area contributed by atoms with E-state index < -0.39 is 10.0 Å². The van der Waals surface area contributed by atoms with Crippen LogP contribution in [0.25, 0.3) is 0 Å². The van der Waals surface area contributed by atoms with Crippen LogP contribution in [0.2, 0.25) is 0 Å². The zero-order chi connectivity index (χ0) is 15.0. The minimum atomic E-state index is -3.37. The first-order valence-electron chi connectivity index (χ1n) is 6.76. The van der Waals surface area contributed by atoms with Crippen molar-refractivity contribution < 1.29 is 8.42 Å². The number of nitrogens with one attached hydrogen (secondary N) is 1. The molecule has 2 aromatic rings. The van der Waals surface area contributed by atoms with Crippen LogP contribution in [0.3, 0.4) is 0 Å². The summed E-state index contributed by atoms with van der Waals surface area (Å²) in [4.78, 5) is 9.70. The Balaban J connectivity index is 1.89. The van der Waals surface area contributed by atoms with Crippen LogP contribution in [0.15, 0.2) is 35.6 Å². The minimum Gasteiger partial charge on any atom is -0.365 e. The molecule has 1 aromatic carbocycles. The summed E-state index contributed by atoms with van der Waals surface area (Å²) in [5.74, 6) is 0. The highest BCUT2D eigenvalue weighted by atomic mass is 32.2. The predicted octanol–water partition coefficient (Wildman–Crippen LogP) is 1.22. The normalized spacial score (nSPS) is 14.7. The Bertz CT molecular complexity index is 738. The van der Waals surface area contributed by atoms with E-state index >= 15 is 0 Å². The maximum atomic E-state index is 12.2. The molecule has 1 aliphatic heterocycles. The Morgan fingerprint density at radius 3 is 2.86 bits per heavy atom. The molecule has 21 heavy (non-hydrogen) atoms. The van der Waals surface area contributed by atoms with Crippen LogP contribution in [0.1, 0.15) is 11.3 Å². The van der Waals surface area contributed by atoms with Gasteiger partial charge in [-0.25, -0.2) is 17.7 Å². The number of hydrogen-bond donors (Lipinski definition) is 1. The SMILES string of the molecule is CN(C)S(=O)(=O)c1ccc2c(c1)CCN2Cc1cnc[nH]1. The smallest absolute Gasteiger partial charge is 0.242 e. The number of rotatable bonds is 4. The molecular weight excluding hydrogens is 288 g/mol. The van der Waals surface area contributed by atoms with Gasteiger partial charge in [-0.1, -0.05) is 0 Å². The fraction of sp³-hybridized carbons (Fsp3) is 0.357. The van der Waals surface area contributed by atoms with Gasteiger partial charge in [0.15, 0.2) is 0 Å². The summed E-state index contributed by atoms with van der Waals surface area (Å²) in [5, 5.41) is 0. The fourth-order valence-corrected chi connectivity index (χ4v) is 3.51. The van der Waals surface area contributed by atoms with Gasteiger partial charge in [-0.15, -0.1) is 0 Å². The first-order chi connectivity index (χ1) is 9.98. The Labute approximate surface area is 124 Å². The van der Waals surface area contributed by atoms with E-state index in [1.807, 2.05) is 12.3 Å². The van der Waals surface area contributed by atoms with Crippen LogP contribution < -0.4 is 4.90 Å². The molecule has 0 saturated carbocycles. The predicted molar refractivity (Wildman–Crippen MR) is 80.7 cm³/mol. The number of sulfonamides is 1. The number of aromatic nitrogens is 2. The van der Waals surface area contributed by atoms with Gasteiger partial charge in [0, 0.05) is 32.5 Å². The molecule has 1 N–H and O–H groups in total. The van der Waals surface area contributed by atoms with Crippen molar-refractivity contribution in [3.8, 4) is 0 Å². The first-order valence-corrected chi connectivity index (χ1v) is 8.20. The van der Waals surface area contributed by atoms with Crippen LogP contribution in [0.4, 0.5) is 5.69 Å². The van der Waals surface area contributed by atoms with Gasteiger partial charge >= 0.3 is 0 Å². The largest absolute Gasteiger partial charge is 0.365 e. The lowest BCUT2D eigenvalue weighted by molar-refractivity contribution is 0.520. The van der Waals surface area contributed by atoms with Gasteiger partial charge < -0.3 is 9.88 Å². The number of anilines is 1. The molecule has 3 rings (SSSR count). The monoisotopic (exact) mass is 306 g/mol. The van der Waals surface area contributed by atoms with Crippen molar-refractivity contribution in [2.45, 2.75) is 17.9 Å². The summed E-state index contributed by atoms with van der Waals surface area (Å²) in [5.41, 5.74) is 3.23. The second-order valence-electron chi connectivity index (χ2n) is 5.33. The van der Waals surface area contributed by atoms with Crippen molar-refractivity contribution in [2.75, 3.05) is 25.5 Å². The molecule has 0 unspecified atom stereocenters. The molecule has 1 aliphatic rings. The van der Waals surface area contributed by atoms with Crippen LogP contribution in [-0.4, -0.2) is 43.3 Å². The molecule has 0 bridgehead atoms. The van der Waals surface area contributed by atoms with Gasteiger partial charge in [-0.2, -0.15) is 0 Å². The molecule has 6 nitrogen and oxygen atoms in total. The van der Waals surface area contributed by atoms with E-state index in [1.54, 1.807) is 32.6 Å². The molecule has 7 heteroatoms. The fourth-order valence-electron chi connectivity index (χ4n) is 2.56. The number of aromatic amines is 1. The van der Waals surface area contributed by atoms with Crippen molar-refractivity contribution in [2.24, 2.45) is 0 Å². The third kappa shape index (κ3) is 2.54. The minimum absolute atomic E-state index is 0.356. The Kier molecular flexibility index (Phi) is 3.46. The number of nitrogens with zero attached hydrogens (tertiary/aromatic N) is 3. The summed E-state index contributed by atoms with van der Waals surface area (Å²) in [6.45, 7) is 1.65. The zero-order valence-corrected chi connectivity index (χ0v) is 12.9. The van der Waals surface area contributed by atoms with Crippen LogP contribution in [0, 0.1) is 0 Å². The molecule has 0 atom stereocenters. The van der Waals surface area contributed by atoms with Crippen molar-refractivity contribution in [3.63, 3.8) is 0 Å². The summed E-state index contributed by atoms with van der Waals surface area (Å²) in [7, 11) is -0.270. The molecule has 0 radical (unpaired) electrons. The molecule has 2 heterocycles. The van der Waals surface area contributed by atoms with Crippen LogP contribution in [0.5, 0.6) is 0 Å². The van der Waals surface area contributed by atoms with E-state index in [4.69, 9.17) is 0 Å². The summed E-state index contributed by atoms with van der Waals surface area (Å²) in [6, 6.07) is 5.37. The average molecular weight is 306 g/mol. The molecule has 0 saturated heterocycles. The zero-order valence-electron chi connectivity index (χ0n) is 12.1. The molecule has 0 fully saturated rings. The number of hydrogen-bond acceptors (Lipinski definition) is 4. The van der Waals surface area contributed by atoms with Gasteiger partial charge in [-0.3, -0.25) is 0 Å². The van der Waals surface area contributed by atoms with Crippen molar-refractivity contribution in [1.29, 1.82) is 0 Å². The number of H-pyrrole nitrogens is 1. The second kappa shape index (κ2) is 5.16. The Morgan fingerprint density at radius 2 is 2.19 bits per heavy atom. The van der Waals surface area contributed by atoms with Gasteiger partial charge in [-0.05, 0) is 30.2 Å². The topological polar surface area (TPSA) is 69.3 Å². The van der Waals surface area contributed by atoms with Crippen LogP contribution in [-0.2, 0) is 23.0 Å². The Morgan fingerprint density at radius 1 is 1.38 bits per heavy atom. The van der Waals surface area contributed by atoms with E-state index in [1.165, 1.54) is 4.31 Å². The van der Waals surface area contributed by atoms with E-state index in [9.17, 15) is 8.42 Å². The van der Waals surface area contributed by atoms with E-state index in [0.29, 0.717) is 4.90 Å². The third-order valence-electron chi connectivity index (χ3n) is 3.74. The quantitative estimate of drug-likeness (QED) is 0.922. The lowest BCUT2D eigenvalue weighted by Crippen LogP contribution is -2.22. The Hall–Kier alpha value is -1.86. The number of imidazole rings is 1. The molecule has 1 aromatic heterocycles. The number of fused-ring (bicyclic) bond motifs is 1. The summed E-state index contributed by atoms with van der Waals surface area (Å²) in [6.07, 6.45) is 4.34. The highest BCUT2D eigenvalue weighted by Crippen LogP contribution is 2.31. The van der Waals surface area contributed by atoms with Crippen molar-refractivity contribution in [3.05, 3.63) is 42.0 Å². The maximum Gasteiger partial charge on any atom is 0.242 e. The molecule has 0 amide bonds. The van der Waals surface area contributed by atoms with Crippen molar-refractivity contribution in [1.82, 2.24) is 14.3 Å². The average Bonchev–Trinajstić information content (AvgIpc) is 3.09. The molecular formula is C14H18N4O2S. The molecule has 112 valence electrons. The molecule has 0 spiro atoms. The van der Waals surface area contributed by atoms with E-state index in [2.05, 4.69) is 14.9 Å². The van der Waals surface area contributed by atoms with Gasteiger partial charge in [0.1, 0.15) is 0 Å². The van der Waals surface area contributed by atoms with Gasteiger partial charge in [0.2, 0.25) is 10.0 Å². The first kappa shape index (κ1) is 14.1. The highest BCUT2D eigenvalue weighted by molar-refractivity contribution is 7.89. The van der Waals surface area contributed by atoms with E-state index in [-0.39, 0.29) is 0 Å². The summed E-state index contributed by atoms with van der Waals surface area (Å²) >= 11 is 0. The van der Waals surface area contributed by atoms with Gasteiger partial charge in [0.05, 0.1) is 23.5 Å². The third-order valence-corrected chi connectivity index (χ3v) is 5.55. The standard InChI is InChI=1S/C14H18N4O2S/c1-17(2)21(19,20)13-3-4-14-11(7-13)5-6-18(14)9-12-8-15-10-16-12/h3-4,7-8,10H,5-6,9H2,1-2H3,(H,15,16). The van der Waals surface area contributed by atoms with Crippen molar-refractivity contribution >= 4 is 15.7 Å². The number of benzene rings is 1. The maximum absolute atomic E-state index is 12.2. The lowest BCUT2D eigenvalue weighted by atomic mass is 10.2. The molecule has 0 aliphatic carbocycles. The van der Waals surface area contributed by atoms with Crippen LogP contribution >= 0.6 is 0 Å².